The van der Waals surface area contributed by atoms with Crippen LogP contribution in [0.2, 0.25) is 0 Å². The van der Waals surface area contributed by atoms with E-state index in [1.807, 2.05) is 0 Å². The van der Waals surface area contributed by atoms with E-state index < -0.39 is 0 Å². The Morgan fingerprint density at radius 3 is 2.71 bits per heavy atom. The molecule has 0 aromatic heterocycles. The molecule has 0 spiro atoms. The molecule has 0 atom stereocenters. The number of hydrogen-bond acceptors (Lipinski definition) is 2. The van der Waals surface area contributed by atoms with E-state index in [1.54, 1.807) is 0 Å². The standard InChI is InChI=1S/C4H6N2O/c7-4-2-1-3-5-6-4/h1-3H2. The predicted molar refractivity (Wildman–Crippen MR) is 24.0 cm³/mol. The van der Waals surface area contributed by atoms with Gasteiger partial charge in [-0.3, -0.25) is 4.79 Å². The van der Waals surface area contributed by atoms with Gasteiger partial charge in [-0.2, -0.15) is 5.11 Å². The van der Waals surface area contributed by atoms with E-state index in [1.165, 1.54) is 0 Å². The molecule has 0 aromatic rings. The van der Waals surface area contributed by atoms with Gasteiger partial charge in [-0.25, -0.2) is 0 Å². The normalized spacial score (nSPS) is 20.3. The van der Waals surface area contributed by atoms with Gasteiger partial charge in [-0.05, 0) is 6.42 Å². The van der Waals surface area contributed by atoms with Gasteiger partial charge in [-0.15, -0.1) is 5.11 Å². The van der Waals surface area contributed by atoms with Crippen molar-refractivity contribution in [1.82, 2.24) is 0 Å². The van der Waals surface area contributed by atoms with E-state index >= 15 is 0 Å². The highest BCUT2D eigenvalue weighted by Crippen LogP contribution is 1.99. The van der Waals surface area contributed by atoms with Crippen LogP contribution in [0.15, 0.2) is 10.2 Å². The van der Waals surface area contributed by atoms with Crippen LogP contribution in [-0.4, -0.2) is 12.5 Å². The molecule has 3 heteroatoms. The van der Waals surface area contributed by atoms with E-state index in [0.29, 0.717) is 6.42 Å². The Hall–Kier alpha value is -0.730. The molecule has 1 aliphatic heterocycles. The lowest BCUT2D eigenvalue weighted by Gasteiger charge is -1.95. The number of carbonyl (C=O) groups is 1. The molecule has 1 aliphatic rings. The molecule has 0 saturated heterocycles. The Balaban J connectivity index is 2.51. The second kappa shape index (κ2) is 1.82. The third-order valence-corrected chi connectivity index (χ3v) is 0.831. The van der Waals surface area contributed by atoms with Gasteiger partial charge in [0.15, 0.2) is 0 Å². The molecule has 0 unspecified atom stereocenters. The SMILES string of the molecule is O=C1CCCN=N1. The Kier molecular flexibility index (Phi) is 1.15. The molecular formula is C4H6N2O. The Bertz CT molecular complexity index is 108. The second-order valence-electron chi connectivity index (χ2n) is 1.46. The molecule has 3 nitrogen and oxygen atoms in total. The molecule has 0 fully saturated rings. The number of carbonyl (C=O) groups excluding carboxylic acids is 1. The van der Waals surface area contributed by atoms with E-state index in [-0.39, 0.29) is 5.91 Å². The molecule has 1 heterocycles. The summed E-state index contributed by atoms with van der Waals surface area (Å²) in [4.78, 5) is 10.2. The van der Waals surface area contributed by atoms with Crippen LogP contribution in [0.1, 0.15) is 12.8 Å². The van der Waals surface area contributed by atoms with Crippen molar-refractivity contribution >= 4 is 5.91 Å². The topological polar surface area (TPSA) is 41.8 Å². The summed E-state index contributed by atoms with van der Waals surface area (Å²) in [6, 6.07) is 0. The predicted octanol–water partition coefficient (Wildman–Crippen LogP) is 0.759. The van der Waals surface area contributed by atoms with E-state index in [0.717, 1.165) is 13.0 Å². The molecule has 0 N–H and O–H groups in total. The molecule has 0 saturated carbocycles. The number of amides is 1. The first-order chi connectivity index (χ1) is 3.39. The average Bonchev–Trinajstić information content (AvgIpc) is 1.69. The molecule has 0 aliphatic carbocycles. The first kappa shape index (κ1) is 4.43. The maximum atomic E-state index is 10.2. The van der Waals surface area contributed by atoms with E-state index in [9.17, 15) is 4.79 Å². The molecule has 0 bridgehead atoms. The van der Waals surface area contributed by atoms with Crippen molar-refractivity contribution in [1.29, 1.82) is 0 Å². The van der Waals surface area contributed by atoms with Gasteiger partial charge in [0, 0.05) is 6.42 Å². The highest BCUT2D eigenvalue weighted by molar-refractivity contribution is 5.76. The molecule has 0 aromatic carbocycles. The van der Waals surface area contributed by atoms with Crippen LogP contribution in [0, 0.1) is 0 Å². The summed E-state index contributed by atoms with van der Waals surface area (Å²) in [5.41, 5.74) is 0. The largest absolute Gasteiger partial charge is 0.271 e. The maximum Gasteiger partial charge on any atom is 0.264 e. The maximum absolute atomic E-state index is 10.2. The van der Waals surface area contributed by atoms with E-state index in [2.05, 4.69) is 10.2 Å². The summed E-state index contributed by atoms with van der Waals surface area (Å²) in [6.45, 7) is 0.728. The van der Waals surface area contributed by atoms with Crippen molar-refractivity contribution in [2.45, 2.75) is 12.8 Å². The van der Waals surface area contributed by atoms with Crippen LogP contribution in [0.4, 0.5) is 0 Å². The molecular weight excluding hydrogens is 92.1 g/mol. The molecule has 7 heavy (non-hydrogen) atoms. The molecule has 0 radical (unpaired) electrons. The summed E-state index contributed by atoms with van der Waals surface area (Å²) in [7, 11) is 0. The van der Waals surface area contributed by atoms with Crippen LogP contribution in [0.25, 0.3) is 0 Å². The third kappa shape index (κ3) is 1.07. The quantitative estimate of drug-likeness (QED) is 0.441. The third-order valence-electron chi connectivity index (χ3n) is 0.831. The molecule has 1 rings (SSSR count). The number of rotatable bonds is 0. The average molecular weight is 98.1 g/mol. The van der Waals surface area contributed by atoms with Crippen molar-refractivity contribution in [3.63, 3.8) is 0 Å². The van der Waals surface area contributed by atoms with Gasteiger partial charge in [0.2, 0.25) is 0 Å². The minimum atomic E-state index is -0.0775. The van der Waals surface area contributed by atoms with Crippen molar-refractivity contribution in [3.05, 3.63) is 0 Å². The zero-order chi connectivity index (χ0) is 5.11. The first-order valence-electron chi connectivity index (χ1n) is 2.30. The van der Waals surface area contributed by atoms with Crippen molar-refractivity contribution in [3.8, 4) is 0 Å². The monoisotopic (exact) mass is 98.0 g/mol. The Morgan fingerprint density at radius 2 is 2.43 bits per heavy atom. The van der Waals surface area contributed by atoms with Crippen LogP contribution in [-0.2, 0) is 4.79 Å². The van der Waals surface area contributed by atoms with Gasteiger partial charge in [0.1, 0.15) is 0 Å². The Labute approximate surface area is 41.4 Å². The van der Waals surface area contributed by atoms with Crippen molar-refractivity contribution in [2.24, 2.45) is 10.2 Å². The van der Waals surface area contributed by atoms with Crippen molar-refractivity contribution in [2.75, 3.05) is 6.54 Å². The molecule has 38 valence electrons. The van der Waals surface area contributed by atoms with E-state index in [4.69, 9.17) is 0 Å². The number of azo groups is 1. The highest BCUT2D eigenvalue weighted by Gasteiger charge is 2.01. The number of hydrogen-bond donors (Lipinski definition) is 0. The summed E-state index contributed by atoms with van der Waals surface area (Å²) < 4.78 is 0. The highest BCUT2D eigenvalue weighted by atomic mass is 16.1. The van der Waals surface area contributed by atoms with Crippen molar-refractivity contribution < 1.29 is 4.79 Å². The van der Waals surface area contributed by atoms with Crippen LogP contribution in [0.5, 0.6) is 0 Å². The van der Waals surface area contributed by atoms with Gasteiger partial charge in [0.05, 0.1) is 6.54 Å². The Morgan fingerprint density at radius 1 is 1.57 bits per heavy atom. The second-order valence-corrected chi connectivity index (χ2v) is 1.46. The zero-order valence-corrected chi connectivity index (χ0v) is 3.92. The summed E-state index contributed by atoms with van der Waals surface area (Å²) in [5.74, 6) is -0.0775. The lowest BCUT2D eigenvalue weighted by Crippen LogP contribution is -1.98. The summed E-state index contributed by atoms with van der Waals surface area (Å²) in [6.07, 6.45) is 1.46. The fourth-order valence-corrected chi connectivity index (χ4v) is 0.480. The fourth-order valence-electron chi connectivity index (χ4n) is 0.480. The molecule has 1 amide bonds. The first-order valence-corrected chi connectivity index (χ1v) is 2.30. The zero-order valence-electron chi connectivity index (χ0n) is 3.92. The van der Waals surface area contributed by atoms with Crippen LogP contribution in [0.3, 0.4) is 0 Å². The summed E-state index contributed by atoms with van der Waals surface area (Å²) >= 11 is 0. The fraction of sp³-hybridized carbons (Fsp3) is 0.750. The minimum absolute atomic E-state index is 0.0775. The van der Waals surface area contributed by atoms with Gasteiger partial charge in [-0.1, -0.05) is 0 Å². The number of nitrogens with zero attached hydrogens (tertiary/aromatic N) is 2. The minimum Gasteiger partial charge on any atom is -0.271 e. The van der Waals surface area contributed by atoms with Gasteiger partial charge in [0.25, 0.3) is 5.91 Å². The summed E-state index contributed by atoms with van der Waals surface area (Å²) in [5, 5.41) is 6.85. The van der Waals surface area contributed by atoms with Gasteiger partial charge < -0.3 is 0 Å². The van der Waals surface area contributed by atoms with Crippen LogP contribution < -0.4 is 0 Å². The van der Waals surface area contributed by atoms with Crippen LogP contribution >= 0.6 is 0 Å². The lowest BCUT2D eigenvalue weighted by atomic mass is 10.3. The lowest BCUT2D eigenvalue weighted by molar-refractivity contribution is -0.118. The van der Waals surface area contributed by atoms with Gasteiger partial charge >= 0.3 is 0 Å². The smallest absolute Gasteiger partial charge is 0.264 e.